The van der Waals surface area contributed by atoms with Gasteiger partial charge in [0.1, 0.15) is 6.10 Å². The minimum absolute atomic E-state index is 0. The largest absolute Gasteiger partial charge is 1.00 e. The van der Waals surface area contributed by atoms with Crippen LogP contribution in [-0.2, 0) is 9.53 Å². The first-order chi connectivity index (χ1) is 11.0. The number of nitrogens with zero attached hydrogens (tertiary/aromatic N) is 1. The first kappa shape index (κ1) is 22.0. The maximum atomic E-state index is 11.5. The van der Waals surface area contributed by atoms with E-state index in [1.54, 1.807) is 12.4 Å². The number of rotatable bonds is 7. The van der Waals surface area contributed by atoms with Gasteiger partial charge in [-0.05, 0) is 36.1 Å². The number of carbonyl (C=O) groups is 1. The van der Waals surface area contributed by atoms with Crippen LogP contribution >= 0.6 is 15.9 Å². The Labute approximate surface area is 195 Å². The molecule has 0 aliphatic carbocycles. The molecule has 0 saturated heterocycles. The minimum atomic E-state index is -0.940. The van der Waals surface area contributed by atoms with Gasteiger partial charge in [-0.3, -0.25) is 4.98 Å². The van der Waals surface area contributed by atoms with Gasteiger partial charge < -0.3 is 11.3 Å². The van der Waals surface area contributed by atoms with Crippen LogP contribution in [0.25, 0.3) is 0 Å². The quantitative estimate of drug-likeness (QED) is 0.694. The molecule has 6 heteroatoms. The molecular formula is C18H21BrKNO3. The Morgan fingerprint density at radius 2 is 1.92 bits per heavy atom. The second kappa shape index (κ2) is 10.8. The van der Waals surface area contributed by atoms with Crippen molar-refractivity contribution in [2.24, 2.45) is 5.92 Å². The van der Waals surface area contributed by atoms with Gasteiger partial charge in [0.05, 0.1) is 0 Å². The fraction of sp³-hybridized carbons (Fsp3) is 0.333. The van der Waals surface area contributed by atoms with Crippen LogP contribution in [0.3, 0.4) is 0 Å². The predicted molar refractivity (Wildman–Crippen MR) is 93.3 cm³/mol. The molecule has 0 aliphatic rings. The van der Waals surface area contributed by atoms with E-state index in [-0.39, 0.29) is 58.7 Å². The van der Waals surface area contributed by atoms with Crippen molar-refractivity contribution in [3.8, 4) is 0 Å². The molecule has 1 N–H and O–H groups in total. The van der Waals surface area contributed by atoms with E-state index in [1.165, 1.54) is 0 Å². The number of aromatic nitrogens is 1. The number of hydrogen-bond donors (Lipinski definition) is 1. The summed E-state index contributed by atoms with van der Waals surface area (Å²) in [5, 5.41) is 9.46. The van der Waals surface area contributed by atoms with Crippen LogP contribution in [0.5, 0.6) is 0 Å². The molecule has 0 fully saturated rings. The van der Waals surface area contributed by atoms with Gasteiger partial charge in [0, 0.05) is 22.4 Å². The van der Waals surface area contributed by atoms with Gasteiger partial charge in [-0.25, -0.2) is 4.79 Å². The second-order valence-corrected chi connectivity index (χ2v) is 6.73. The number of ether oxygens (including phenoxy) is 1. The smallest absolute Gasteiger partial charge is 1.00 e. The number of benzene rings is 1. The Morgan fingerprint density at radius 1 is 1.25 bits per heavy atom. The summed E-state index contributed by atoms with van der Waals surface area (Å²) in [5.41, 5.74) is 1.74. The summed E-state index contributed by atoms with van der Waals surface area (Å²) >= 11 is 3.41. The maximum absolute atomic E-state index is 11.5. The normalized spacial score (nSPS) is 13.2. The molecule has 124 valence electrons. The molecule has 2 atom stereocenters. The van der Waals surface area contributed by atoms with Crippen LogP contribution in [0.1, 0.15) is 38.9 Å². The van der Waals surface area contributed by atoms with E-state index in [0.717, 1.165) is 15.6 Å². The maximum Gasteiger partial charge on any atom is 1.00 e. The molecule has 0 spiro atoms. The fourth-order valence-corrected chi connectivity index (χ4v) is 2.59. The van der Waals surface area contributed by atoms with Crippen LogP contribution < -0.4 is 51.4 Å². The predicted octanol–water partition coefficient (Wildman–Crippen LogP) is 1.57. The Kier molecular flexibility index (Phi) is 9.89. The Hall–Kier alpha value is -0.0836. The zero-order valence-electron chi connectivity index (χ0n) is 15.1. The molecule has 2 aromatic rings. The second-order valence-electron chi connectivity index (χ2n) is 5.81. The van der Waals surface area contributed by atoms with Gasteiger partial charge in [-0.15, -0.1) is 0 Å². The average molecular weight is 418 g/mol. The molecule has 2 rings (SSSR count). The number of hydrogen-bond acceptors (Lipinski definition) is 3. The molecule has 1 aromatic heterocycles. The summed E-state index contributed by atoms with van der Waals surface area (Å²) in [4.78, 5) is 15.7. The molecule has 1 heterocycles. The third-order valence-electron chi connectivity index (χ3n) is 3.42. The van der Waals surface area contributed by atoms with Crippen molar-refractivity contribution in [3.63, 3.8) is 0 Å². The molecular weight excluding hydrogens is 397 g/mol. The Bertz CT molecular complexity index is 641. The topological polar surface area (TPSA) is 59.4 Å². The molecule has 1 aromatic carbocycles. The van der Waals surface area contributed by atoms with E-state index < -0.39 is 18.2 Å². The van der Waals surface area contributed by atoms with Crippen molar-refractivity contribution >= 4 is 21.9 Å². The Morgan fingerprint density at radius 3 is 2.42 bits per heavy atom. The van der Waals surface area contributed by atoms with E-state index >= 15 is 0 Å². The monoisotopic (exact) mass is 417 g/mol. The summed E-state index contributed by atoms with van der Waals surface area (Å²) in [6, 6.07) is 11.4. The molecule has 0 saturated carbocycles. The van der Waals surface area contributed by atoms with Crippen LogP contribution in [0.2, 0.25) is 0 Å². The third kappa shape index (κ3) is 6.67. The van der Waals surface area contributed by atoms with Crippen LogP contribution in [0.4, 0.5) is 0 Å². The summed E-state index contributed by atoms with van der Waals surface area (Å²) in [6.07, 6.45) is 2.54. The van der Waals surface area contributed by atoms with E-state index in [0.29, 0.717) is 6.42 Å². The summed E-state index contributed by atoms with van der Waals surface area (Å²) < 4.78 is 6.94. The molecule has 2 unspecified atom stereocenters. The zero-order valence-corrected chi connectivity index (χ0v) is 18.9. The number of aliphatic carboxylic acids is 1. The third-order valence-corrected chi connectivity index (χ3v) is 3.95. The number of halogens is 1. The van der Waals surface area contributed by atoms with Gasteiger partial charge in [-0.2, -0.15) is 0 Å². The van der Waals surface area contributed by atoms with Crippen LogP contribution in [0, 0.1) is 5.92 Å². The van der Waals surface area contributed by atoms with Crippen molar-refractivity contribution in [1.29, 1.82) is 0 Å². The van der Waals surface area contributed by atoms with Gasteiger partial charge in [0.25, 0.3) is 0 Å². The van der Waals surface area contributed by atoms with E-state index in [1.807, 2.05) is 50.2 Å². The summed E-state index contributed by atoms with van der Waals surface area (Å²) in [6.45, 7) is 3.97. The number of carboxylic acids is 1. The summed E-state index contributed by atoms with van der Waals surface area (Å²) in [5.74, 6) is -0.708. The van der Waals surface area contributed by atoms with Gasteiger partial charge in [0.15, 0.2) is 6.10 Å². The molecule has 0 radical (unpaired) electrons. The number of pyridine rings is 1. The van der Waals surface area contributed by atoms with E-state index in [2.05, 4.69) is 20.9 Å². The van der Waals surface area contributed by atoms with Gasteiger partial charge >= 0.3 is 57.4 Å². The van der Waals surface area contributed by atoms with Crippen LogP contribution in [0.15, 0.2) is 53.3 Å². The van der Waals surface area contributed by atoms with Gasteiger partial charge in [0.2, 0.25) is 0 Å². The molecule has 0 bridgehead atoms. The van der Waals surface area contributed by atoms with E-state index in [4.69, 9.17) is 4.74 Å². The first-order valence-corrected chi connectivity index (χ1v) is 8.30. The minimum Gasteiger partial charge on any atom is -1.00 e. The van der Waals surface area contributed by atoms with Crippen molar-refractivity contribution in [1.82, 2.24) is 4.98 Å². The molecule has 0 aliphatic heterocycles. The van der Waals surface area contributed by atoms with Crippen molar-refractivity contribution in [2.75, 3.05) is 0 Å². The zero-order chi connectivity index (χ0) is 16.8. The Balaban J connectivity index is 0.00000288. The average Bonchev–Trinajstić information content (AvgIpc) is 2.53. The molecule has 24 heavy (non-hydrogen) atoms. The fourth-order valence-electron chi connectivity index (χ4n) is 2.33. The van der Waals surface area contributed by atoms with Gasteiger partial charge in [-0.1, -0.05) is 48.0 Å². The first-order valence-electron chi connectivity index (χ1n) is 7.51. The number of carboxylic acid groups (broad SMARTS) is 1. The van der Waals surface area contributed by atoms with E-state index in [9.17, 15) is 9.90 Å². The SMILES string of the molecule is CC(C)CC(OC(c1ccc(Br)cc1)c1cccnc1)C(=O)O.[H-].[K+]. The van der Waals surface area contributed by atoms with Crippen molar-refractivity contribution in [3.05, 3.63) is 64.4 Å². The summed E-state index contributed by atoms with van der Waals surface area (Å²) in [7, 11) is 0. The standard InChI is InChI=1S/C18H20BrNO3.K.H/c1-12(2)10-16(18(21)22)23-17(14-4-3-9-20-11-14)13-5-7-15(19)8-6-13;;/h3-9,11-12,16-17H,10H2,1-2H3,(H,21,22);;/q;+1;-1. The van der Waals surface area contributed by atoms with Crippen molar-refractivity contribution < 1.29 is 67.4 Å². The molecule has 4 nitrogen and oxygen atoms in total. The molecule has 0 amide bonds. The van der Waals surface area contributed by atoms with Crippen molar-refractivity contribution in [2.45, 2.75) is 32.5 Å². The van der Waals surface area contributed by atoms with Crippen LogP contribution in [-0.4, -0.2) is 22.2 Å².